The Morgan fingerprint density at radius 3 is 2.87 bits per heavy atom. The van der Waals surface area contributed by atoms with Crippen LogP contribution in [0.3, 0.4) is 0 Å². The summed E-state index contributed by atoms with van der Waals surface area (Å²) in [6, 6.07) is 1.46. The molecular weight excluding hydrogens is 188 g/mol. The lowest BCUT2D eigenvalue weighted by Crippen LogP contribution is -2.49. The van der Waals surface area contributed by atoms with Crippen molar-refractivity contribution in [2.24, 2.45) is 0 Å². The molecule has 3 nitrogen and oxygen atoms in total. The molecule has 2 rings (SSSR count). The van der Waals surface area contributed by atoms with E-state index in [-0.39, 0.29) is 0 Å². The third-order valence-electron chi connectivity index (χ3n) is 3.32. The number of unbranched alkanes of at least 4 members (excludes halogenated alkanes) is 1. The lowest BCUT2D eigenvalue weighted by molar-refractivity contribution is 0.0603. The van der Waals surface area contributed by atoms with Crippen molar-refractivity contribution in [1.82, 2.24) is 10.2 Å². The molecule has 0 aromatic carbocycles. The SMILES string of the molecule is CCCCN(CC1COCCN1)C1CC1. The summed E-state index contributed by atoms with van der Waals surface area (Å²) in [6.45, 7) is 7.54. The predicted molar refractivity (Wildman–Crippen MR) is 62.1 cm³/mol. The smallest absolute Gasteiger partial charge is 0.0632 e. The van der Waals surface area contributed by atoms with Crippen LogP contribution in [0.25, 0.3) is 0 Å². The van der Waals surface area contributed by atoms with Crippen molar-refractivity contribution in [2.75, 3.05) is 32.8 Å². The van der Waals surface area contributed by atoms with Crippen LogP contribution in [0.2, 0.25) is 0 Å². The Kier molecular flexibility index (Phi) is 4.42. The van der Waals surface area contributed by atoms with Gasteiger partial charge in [-0.2, -0.15) is 0 Å². The van der Waals surface area contributed by atoms with Gasteiger partial charge in [0.05, 0.1) is 13.2 Å². The maximum absolute atomic E-state index is 5.50. The Bertz CT molecular complexity index is 176. The van der Waals surface area contributed by atoms with E-state index in [9.17, 15) is 0 Å². The summed E-state index contributed by atoms with van der Waals surface area (Å²) in [7, 11) is 0. The zero-order valence-corrected chi connectivity index (χ0v) is 9.87. The van der Waals surface area contributed by atoms with Crippen molar-refractivity contribution < 1.29 is 4.74 Å². The van der Waals surface area contributed by atoms with Gasteiger partial charge in [0.1, 0.15) is 0 Å². The van der Waals surface area contributed by atoms with Gasteiger partial charge in [-0.15, -0.1) is 0 Å². The topological polar surface area (TPSA) is 24.5 Å². The standard InChI is InChI=1S/C12H24N2O/c1-2-3-7-14(12-4-5-12)9-11-10-15-8-6-13-11/h11-13H,2-10H2,1H3. The molecule has 1 aliphatic carbocycles. The van der Waals surface area contributed by atoms with Crippen molar-refractivity contribution >= 4 is 0 Å². The molecule has 1 unspecified atom stereocenters. The second-order valence-corrected chi connectivity index (χ2v) is 4.81. The largest absolute Gasteiger partial charge is 0.378 e. The fourth-order valence-corrected chi connectivity index (χ4v) is 2.24. The molecule has 1 heterocycles. The Hall–Kier alpha value is -0.120. The zero-order chi connectivity index (χ0) is 10.5. The number of hydrogen-bond acceptors (Lipinski definition) is 3. The summed E-state index contributed by atoms with van der Waals surface area (Å²) in [4.78, 5) is 2.66. The van der Waals surface area contributed by atoms with Crippen molar-refractivity contribution in [3.8, 4) is 0 Å². The van der Waals surface area contributed by atoms with Gasteiger partial charge < -0.3 is 10.1 Å². The average molecular weight is 212 g/mol. The van der Waals surface area contributed by atoms with E-state index >= 15 is 0 Å². The molecule has 0 amide bonds. The molecule has 1 saturated heterocycles. The van der Waals surface area contributed by atoms with Crippen LogP contribution >= 0.6 is 0 Å². The number of nitrogens with zero attached hydrogens (tertiary/aromatic N) is 1. The molecular formula is C12H24N2O. The maximum Gasteiger partial charge on any atom is 0.0632 e. The van der Waals surface area contributed by atoms with E-state index in [1.807, 2.05) is 0 Å². The van der Waals surface area contributed by atoms with E-state index in [0.29, 0.717) is 6.04 Å². The highest BCUT2D eigenvalue weighted by molar-refractivity contribution is 4.87. The highest BCUT2D eigenvalue weighted by Gasteiger charge is 2.30. The Labute approximate surface area is 93.2 Å². The van der Waals surface area contributed by atoms with Gasteiger partial charge in [-0.1, -0.05) is 13.3 Å². The van der Waals surface area contributed by atoms with Crippen LogP contribution in [0, 0.1) is 0 Å². The van der Waals surface area contributed by atoms with Crippen LogP contribution in [-0.4, -0.2) is 49.8 Å². The summed E-state index contributed by atoms with van der Waals surface area (Å²) >= 11 is 0. The number of rotatable bonds is 6. The molecule has 0 radical (unpaired) electrons. The molecule has 3 heteroatoms. The second-order valence-electron chi connectivity index (χ2n) is 4.81. The van der Waals surface area contributed by atoms with Crippen molar-refractivity contribution in [1.29, 1.82) is 0 Å². The van der Waals surface area contributed by atoms with Crippen molar-refractivity contribution in [3.63, 3.8) is 0 Å². The van der Waals surface area contributed by atoms with Gasteiger partial charge in [0, 0.05) is 25.2 Å². The van der Waals surface area contributed by atoms with Crippen LogP contribution in [0.15, 0.2) is 0 Å². The molecule has 1 atom stereocenters. The fraction of sp³-hybridized carbons (Fsp3) is 1.00. The summed E-state index contributed by atoms with van der Waals surface area (Å²) in [5.41, 5.74) is 0. The molecule has 2 aliphatic rings. The van der Waals surface area contributed by atoms with E-state index in [2.05, 4.69) is 17.1 Å². The van der Waals surface area contributed by atoms with E-state index in [4.69, 9.17) is 4.74 Å². The van der Waals surface area contributed by atoms with Crippen LogP contribution in [-0.2, 0) is 4.74 Å². The number of morpholine rings is 1. The summed E-state index contributed by atoms with van der Waals surface area (Å²) in [6.07, 6.45) is 5.47. The van der Waals surface area contributed by atoms with E-state index < -0.39 is 0 Å². The number of nitrogens with one attached hydrogen (secondary N) is 1. The molecule has 1 aliphatic heterocycles. The lowest BCUT2D eigenvalue weighted by atomic mass is 10.2. The van der Waals surface area contributed by atoms with E-state index in [0.717, 1.165) is 25.8 Å². The van der Waals surface area contributed by atoms with Crippen LogP contribution in [0.5, 0.6) is 0 Å². The molecule has 15 heavy (non-hydrogen) atoms. The van der Waals surface area contributed by atoms with Gasteiger partial charge in [-0.05, 0) is 25.8 Å². The summed E-state index contributed by atoms with van der Waals surface area (Å²) < 4.78 is 5.50. The number of ether oxygens (including phenoxy) is 1. The predicted octanol–water partition coefficient (Wildman–Crippen LogP) is 1.24. The maximum atomic E-state index is 5.50. The monoisotopic (exact) mass is 212 g/mol. The van der Waals surface area contributed by atoms with Gasteiger partial charge >= 0.3 is 0 Å². The minimum absolute atomic E-state index is 0.566. The van der Waals surface area contributed by atoms with Crippen molar-refractivity contribution in [2.45, 2.75) is 44.7 Å². The van der Waals surface area contributed by atoms with Gasteiger partial charge in [0.2, 0.25) is 0 Å². The first-order valence-electron chi connectivity index (χ1n) is 6.45. The molecule has 88 valence electrons. The minimum atomic E-state index is 0.566. The molecule has 0 aromatic rings. The Balaban J connectivity index is 1.72. The van der Waals surface area contributed by atoms with Crippen LogP contribution in [0.4, 0.5) is 0 Å². The molecule has 1 N–H and O–H groups in total. The lowest BCUT2D eigenvalue weighted by Gasteiger charge is -2.30. The highest BCUT2D eigenvalue weighted by Crippen LogP contribution is 2.27. The highest BCUT2D eigenvalue weighted by atomic mass is 16.5. The Morgan fingerprint density at radius 2 is 2.27 bits per heavy atom. The molecule has 0 bridgehead atoms. The summed E-state index contributed by atoms with van der Waals surface area (Å²) in [5.74, 6) is 0. The average Bonchev–Trinajstić information content (AvgIpc) is 3.09. The normalized spacial score (nSPS) is 27.2. The first kappa shape index (κ1) is 11.4. The molecule has 0 aromatic heterocycles. The quantitative estimate of drug-likeness (QED) is 0.717. The minimum Gasteiger partial charge on any atom is -0.378 e. The third-order valence-corrected chi connectivity index (χ3v) is 3.32. The van der Waals surface area contributed by atoms with Gasteiger partial charge in [-0.25, -0.2) is 0 Å². The van der Waals surface area contributed by atoms with Gasteiger partial charge in [-0.3, -0.25) is 4.90 Å². The fourth-order valence-electron chi connectivity index (χ4n) is 2.24. The first-order valence-corrected chi connectivity index (χ1v) is 6.45. The number of hydrogen-bond donors (Lipinski definition) is 1. The second kappa shape index (κ2) is 5.83. The molecule has 0 spiro atoms. The van der Waals surface area contributed by atoms with E-state index in [1.54, 1.807) is 0 Å². The first-order chi connectivity index (χ1) is 7.40. The zero-order valence-electron chi connectivity index (χ0n) is 9.87. The third kappa shape index (κ3) is 3.74. The Morgan fingerprint density at radius 1 is 1.40 bits per heavy atom. The molecule has 2 fully saturated rings. The van der Waals surface area contributed by atoms with Crippen LogP contribution < -0.4 is 5.32 Å². The van der Waals surface area contributed by atoms with E-state index in [1.165, 1.54) is 38.8 Å². The van der Waals surface area contributed by atoms with Crippen molar-refractivity contribution in [3.05, 3.63) is 0 Å². The van der Waals surface area contributed by atoms with Gasteiger partial charge in [0.25, 0.3) is 0 Å². The van der Waals surface area contributed by atoms with Crippen LogP contribution in [0.1, 0.15) is 32.6 Å². The summed E-state index contributed by atoms with van der Waals surface area (Å²) in [5, 5.41) is 3.54. The molecule has 1 saturated carbocycles. The van der Waals surface area contributed by atoms with Gasteiger partial charge in [0.15, 0.2) is 0 Å².